The molecule has 0 radical (unpaired) electrons. The standard InChI is InChI=1S/C13H28N2O/c1-4-7-14-12(3)13-5-8-15(9-6-13)10-11(2)16/h11-14,16H,4-10H2,1-3H3. The molecule has 3 heteroatoms. The maximum atomic E-state index is 9.34. The largest absolute Gasteiger partial charge is 0.392 e. The Balaban J connectivity index is 2.20. The van der Waals surface area contributed by atoms with Gasteiger partial charge >= 0.3 is 0 Å². The van der Waals surface area contributed by atoms with Crippen molar-refractivity contribution in [2.75, 3.05) is 26.2 Å². The lowest BCUT2D eigenvalue weighted by Crippen LogP contribution is -2.43. The summed E-state index contributed by atoms with van der Waals surface area (Å²) < 4.78 is 0. The van der Waals surface area contributed by atoms with Crippen molar-refractivity contribution >= 4 is 0 Å². The highest BCUT2D eigenvalue weighted by Gasteiger charge is 2.23. The fourth-order valence-electron chi connectivity index (χ4n) is 2.55. The van der Waals surface area contributed by atoms with Crippen LogP contribution >= 0.6 is 0 Å². The van der Waals surface area contributed by atoms with Crippen LogP contribution in [0.1, 0.15) is 40.0 Å². The molecule has 2 unspecified atom stereocenters. The van der Waals surface area contributed by atoms with Crippen molar-refractivity contribution in [3.63, 3.8) is 0 Å². The topological polar surface area (TPSA) is 35.5 Å². The molecule has 1 aliphatic heterocycles. The predicted octanol–water partition coefficient (Wildman–Crippen LogP) is 1.47. The fourth-order valence-corrected chi connectivity index (χ4v) is 2.55. The molecule has 0 aromatic carbocycles. The quantitative estimate of drug-likeness (QED) is 0.722. The third-order valence-electron chi connectivity index (χ3n) is 3.58. The summed E-state index contributed by atoms with van der Waals surface area (Å²) >= 11 is 0. The Kier molecular flexibility index (Phi) is 6.32. The summed E-state index contributed by atoms with van der Waals surface area (Å²) in [6, 6.07) is 0.647. The second-order valence-corrected chi connectivity index (χ2v) is 5.23. The van der Waals surface area contributed by atoms with Crippen molar-refractivity contribution in [3.8, 4) is 0 Å². The molecule has 0 spiro atoms. The summed E-state index contributed by atoms with van der Waals surface area (Å²) in [5.74, 6) is 0.816. The van der Waals surface area contributed by atoms with Crippen LogP contribution in [0.2, 0.25) is 0 Å². The number of likely N-dealkylation sites (tertiary alicyclic amines) is 1. The Bertz CT molecular complexity index is 177. The lowest BCUT2D eigenvalue weighted by atomic mass is 9.90. The summed E-state index contributed by atoms with van der Waals surface area (Å²) in [6.07, 6.45) is 3.56. The second-order valence-electron chi connectivity index (χ2n) is 5.23. The number of piperidine rings is 1. The molecular formula is C13H28N2O. The van der Waals surface area contributed by atoms with Gasteiger partial charge in [0.1, 0.15) is 0 Å². The first-order valence-electron chi connectivity index (χ1n) is 6.77. The van der Waals surface area contributed by atoms with Crippen LogP contribution in [0.4, 0.5) is 0 Å². The molecule has 1 aliphatic rings. The highest BCUT2D eigenvalue weighted by atomic mass is 16.3. The molecule has 3 nitrogen and oxygen atoms in total. The van der Waals surface area contributed by atoms with E-state index in [2.05, 4.69) is 24.1 Å². The first kappa shape index (κ1) is 13.9. The molecule has 1 fully saturated rings. The Hall–Kier alpha value is -0.120. The van der Waals surface area contributed by atoms with Crippen LogP contribution in [-0.4, -0.2) is 48.3 Å². The highest BCUT2D eigenvalue weighted by Crippen LogP contribution is 2.20. The van der Waals surface area contributed by atoms with E-state index in [0.29, 0.717) is 6.04 Å². The summed E-state index contributed by atoms with van der Waals surface area (Å²) in [5.41, 5.74) is 0. The zero-order valence-electron chi connectivity index (χ0n) is 11.1. The van der Waals surface area contributed by atoms with Gasteiger partial charge in [-0.2, -0.15) is 0 Å². The summed E-state index contributed by atoms with van der Waals surface area (Å²) in [4.78, 5) is 2.38. The summed E-state index contributed by atoms with van der Waals surface area (Å²) in [7, 11) is 0. The molecule has 0 amide bonds. The zero-order chi connectivity index (χ0) is 12.0. The number of rotatable bonds is 6. The number of aliphatic hydroxyl groups excluding tert-OH is 1. The first-order chi connectivity index (χ1) is 7.63. The molecule has 0 bridgehead atoms. The van der Waals surface area contributed by atoms with Crippen LogP contribution in [0, 0.1) is 5.92 Å². The van der Waals surface area contributed by atoms with Gasteiger partial charge in [-0.05, 0) is 58.7 Å². The average molecular weight is 228 g/mol. The lowest BCUT2D eigenvalue weighted by Gasteiger charge is -2.35. The Morgan fingerprint density at radius 2 is 1.94 bits per heavy atom. The van der Waals surface area contributed by atoms with Gasteiger partial charge in [-0.25, -0.2) is 0 Å². The number of β-amino-alcohol motifs (C(OH)–C–C–N with tert-alkyl or cyclic N) is 1. The van der Waals surface area contributed by atoms with Crippen LogP contribution in [0.3, 0.4) is 0 Å². The van der Waals surface area contributed by atoms with Gasteiger partial charge in [-0.3, -0.25) is 0 Å². The van der Waals surface area contributed by atoms with E-state index in [1.807, 2.05) is 6.92 Å². The SMILES string of the molecule is CCCNC(C)C1CCN(CC(C)O)CC1. The third kappa shape index (κ3) is 4.81. The van der Waals surface area contributed by atoms with E-state index in [4.69, 9.17) is 0 Å². The van der Waals surface area contributed by atoms with Gasteiger partial charge in [0.15, 0.2) is 0 Å². The number of hydrogen-bond acceptors (Lipinski definition) is 3. The molecule has 1 heterocycles. The Morgan fingerprint density at radius 3 is 2.44 bits per heavy atom. The number of hydrogen-bond donors (Lipinski definition) is 2. The zero-order valence-corrected chi connectivity index (χ0v) is 11.1. The van der Waals surface area contributed by atoms with Crippen molar-refractivity contribution < 1.29 is 5.11 Å². The van der Waals surface area contributed by atoms with Crippen molar-refractivity contribution in [2.45, 2.75) is 52.2 Å². The minimum Gasteiger partial charge on any atom is -0.392 e. The van der Waals surface area contributed by atoms with Gasteiger partial charge in [0.2, 0.25) is 0 Å². The van der Waals surface area contributed by atoms with Crippen LogP contribution < -0.4 is 5.32 Å². The van der Waals surface area contributed by atoms with E-state index in [1.165, 1.54) is 19.3 Å². The molecule has 96 valence electrons. The maximum absolute atomic E-state index is 9.34. The van der Waals surface area contributed by atoms with E-state index in [9.17, 15) is 5.11 Å². The van der Waals surface area contributed by atoms with E-state index >= 15 is 0 Å². The molecule has 2 N–H and O–H groups in total. The van der Waals surface area contributed by atoms with E-state index in [1.54, 1.807) is 0 Å². The molecule has 2 atom stereocenters. The molecule has 1 saturated heterocycles. The molecule has 16 heavy (non-hydrogen) atoms. The maximum Gasteiger partial charge on any atom is 0.0639 e. The van der Waals surface area contributed by atoms with Gasteiger partial charge in [0, 0.05) is 12.6 Å². The van der Waals surface area contributed by atoms with Crippen LogP contribution in [0.25, 0.3) is 0 Å². The number of aliphatic hydroxyl groups is 1. The van der Waals surface area contributed by atoms with Crippen LogP contribution in [-0.2, 0) is 0 Å². The van der Waals surface area contributed by atoms with Crippen molar-refractivity contribution in [3.05, 3.63) is 0 Å². The fraction of sp³-hybridized carbons (Fsp3) is 1.00. The monoisotopic (exact) mass is 228 g/mol. The molecule has 0 aliphatic carbocycles. The van der Waals surface area contributed by atoms with Gasteiger partial charge in [-0.15, -0.1) is 0 Å². The minimum atomic E-state index is -0.188. The summed E-state index contributed by atoms with van der Waals surface area (Å²) in [6.45, 7) is 10.7. The highest BCUT2D eigenvalue weighted by molar-refractivity contribution is 4.79. The van der Waals surface area contributed by atoms with Gasteiger partial charge < -0.3 is 15.3 Å². The third-order valence-corrected chi connectivity index (χ3v) is 3.58. The lowest BCUT2D eigenvalue weighted by molar-refractivity contribution is 0.0936. The predicted molar refractivity (Wildman–Crippen MR) is 68.6 cm³/mol. The van der Waals surface area contributed by atoms with E-state index in [-0.39, 0.29) is 6.10 Å². The normalized spacial score (nSPS) is 23.2. The van der Waals surface area contributed by atoms with E-state index in [0.717, 1.165) is 32.1 Å². The second kappa shape index (κ2) is 7.25. The van der Waals surface area contributed by atoms with Crippen molar-refractivity contribution in [1.82, 2.24) is 10.2 Å². The molecule has 1 rings (SSSR count). The molecule has 0 saturated carbocycles. The molecule has 0 aromatic rings. The first-order valence-corrected chi connectivity index (χ1v) is 6.77. The minimum absolute atomic E-state index is 0.188. The van der Waals surface area contributed by atoms with Gasteiger partial charge in [0.25, 0.3) is 0 Å². The molecular weight excluding hydrogens is 200 g/mol. The molecule has 0 aromatic heterocycles. The van der Waals surface area contributed by atoms with Crippen molar-refractivity contribution in [1.29, 1.82) is 0 Å². The Morgan fingerprint density at radius 1 is 1.31 bits per heavy atom. The summed E-state index contributed by atoms with van der Waals surface area (Å²) in [5, 5.41) is 12.9. The number of nitrogens with zero attached hydrogens (tertiary/aromatic N) is 1. The van der Waals surface area contributed by atoms with Gasteiger partial charge in [0.05, 0.1) is 6.10 Å². The van der Waals surface area contributed by atoms with Crippen LogP contribution in [0.5, 0.6) is 0 Å². The van der Waals surface area contributed by atoms with E-state index < -0.39 is 0 Å². The van der Waals surface area contributed by atoms with Gasteiger partial charge in [-0.1, -0.05) is 6.92 Å². The smallest absolute Gasteiger partial charge is 0.0639 e. The Labute approximate surface area is 100 Å². The van der Waals surface area contributed by atoms with Crippen LogP contribution in [0.15, 0.2) is 0 Å². The van der Waals surface area contributed by atoms with Crippen molar-refractivity contribution in [2.24, 2.45) is 5.92 Å². The number of nitrogens with one attached hydrogen (secondary N) is 1. The average Bonchev–Trinajstić information content (AvgIpc) is 2.26.